The van der Waals surface area contributed by atoms with Gasteiger partial charge in [-0.3, -0.25) is 0 Å². The highest BCUT2D eigenvalue weighted by Crippen LogP contribution is 2.26. The molecule has 0 radical (unpaired) electrons. The number of hydrogen-bond acceptors (Lipinski definition) is 3. The standard InChI is InChI=1S/C13H18ClNO2/c1-10-2-3-11(8-13(10)14)15-5-7-17-9-12(15)4-6-16/h2-3,8,12,16H,4-7,9H2,1H3. The fraction of sp³-hybridized carbons (Fsp3) is 0.538. The Morgan fingerprint density at radius 2 is 2.35 bits per heavy atom. The Morgan fingerprint density at radius 3 is 3.06 bits per heavy atom. The zero-order valence-electron chi connectivity index (χ0n) is 10.0. The minimum absolute atomic E-state index is 0.185. The van der Waals surface area contributed by atoms with Crippen LogP contribution in [0.25, 0.3) is 0 Å². The molecule has 1 aromatic carbocycles. The average molecular weight is 256 g/mol. The molecule has 1 aliphatic heterocycles. The van der Waals surface area contributed by atoms with E-state index in [2.05, 4.69) is 11.0 Å². The molecule has 1 aromatic rings. The predicted molar refractivity (Wildman–Crippen MR) is 69.8 cm³/mol. The van der Waals surface area contributed by atoms with Crippen LogP contribution >= 0.6 is 11.6 Å². The molecule has 1 N–H and O–H groups in total. The number of ether oxygens (including phenoxy) is 1. The van der Waals surface area contributed by atoms with Gasteiger partial charge in [0.05, 0.1) is 19.3 Å². The van der Waals surface area contributed by atoms with Crippen molar-refractivity contribution in [2.24, 2.45) is 0 Å². The third-order valence-electron chi connectivity index (χ3n) is 3.18. The van der Waals surface area contributed by atoms with Crippen LogP contribution in [0.15, 0.2) is 18.2 Å². The zero-order valence-corrected chi connectivity index (χ0v) is 10.8. The molecule has 94 valence electrons. The highest BCUT2D eigenvalue weighted by atomic mass is 35.5. The maximum atomic E-state index is 9.07. The Hall–Kier alpha value is -0.770. The van der Waals surface area contributed by atoms with Crippen LogP contribution in [0.2, 0.25) is 5.02 Å². The summed E-state index contributed by atoms with van der Waals surface area (Å²) in [5, 5.41) is 9.86. The summed E-state index contributed by atoms with van der Waals surface area (Å²) in [6.07, 6.45) is 0.728. The Labute approximate surface area is 107 Å². The second kappa shape index (κ2) is 5.71. The minimum atomic E-state index is 0.185. The third-order valence-corrected chi connectivity index (χ3v) is 3.58. The molecule has 0 saturated carbocycles. The number of halogens is 1. The Bertz CT molecular complexity index is 382. The lowest BCUT2D eigenvalue weighted by Gasteiger charge is -2.37. The number of anilines is 1. The molecule has 0 spiro atoms. The molecule has 4 heteroatoms. The molecule has 0 bridgehead atoms. The van der Waals surface area contributed by atoms with Crippen molar-refractivity contribution in [1.29, 1.82) is 0 Å². The number of hydrogen-bond donors (Lipinski definition) is 1. The largest absolute Gasteiger partial charge is 0.396 e. The van der Waals surface area contributed by atoms with Crippen molar-refractivity contribution in [3.63, 3.8) is 0 Å². The van der Waals surface area contributed by atoms with Crippen LogP contribution in [0, 0.1) is 6.92 Å². The van der Waals surface area contributed by atoms with Gasteiger partial charge in [0.25, 0.3) is 0 Å². The Morgan fingerprint density at radius 1 is 1.53 bits per heavy atom. The van der Waals surface area contributed by atoms with Crippen LogP contribution in [-0.2, 0) is 4.74 Å². The summed E-state index contributed by atoms with van der Waals surface area (Å²) in [6.45, 7) is 4.43. The van der Waals surface area contributed by atoms with Crippen LogP contribution in [0.3, 0.4) is 0 Å². The lowest BCUT2D eigenvalue weighted by Crippen LogP contribution is -2.46. The predicted octanol–water partition coefficient (Wildman–Crippen LogP) is 2.24. The van der Waals surface area contributed by atoms with E-state index >= 15 is 0 Å². The number of aliphatic hydroxyl groups excluding tert-OH is 1. The molecular formula is C13H18ClNO2. The average Bonchev–Trinajstić information content (AvgIpc) is 2.34. The van der Waals surface area contributed by atoms with E-state index < -0.39 is 0 Å². The summed E-state index contributed by atoms with van der Waals surface area (Å²) < 4.78 is 5.45. The smallest absolute Gasteiger partial charge is 0.0671 e. The van der Waals surface area contributed by atoms with Gasteiger partial charge in [-0.2, -0.15) is 0 Å². The lowest BCUT2D eigenvalue weighted by atomic mass is 10.1. The molecule has 0 aromatic heterocycles. The van der Waals surface area contributed by atoms with E-state index in [4.69, 9.17) is 21.4 Å². The summed E-state index contributed by atoms with van der Waals surface area (Å²) >= 11 is 6.15. The highest BCUT2D eigenvalue weighted by molar-refractivity contribution is 6.31. The number of morpholine rings is 1. The molecule has 1 unspecified atom stereocenters. The van der Waals surface area contributed by atoms with E-state index in [0.717, 1.165) is 35.8 Å². The zero-order chi connectivity index (χ0) is 12.3. The van der Waals surface area contributed by atoms with Gasteiger partial charge in [-0.15, -0.1) is 0 Å². The van der Waals surface area contributed by atoms with E-state index in [1.54, 1.807) is 0 Å². The minimum Gasteiger partial charge on any atom is -0.396 e. The summed E-state index contributed by atoms with van der Waals surface area (Å²) in [6, 6.07) is 6.35. The fourth-order valence-electron chi connectivity index (χ4n) is 2.14. The van der Waals surface area contributed by atoms with Gasteiger partial charge in [-0.1, -0.05) is 17.7 Å². The molecule has 0 amide bonds. The van der Waals surface area contributed by atoms with Crippen LogP contribution in [-0.4, -0.2) is 37.5 Å². The summed E-state index contributed by atoms with van der Waals surface area (Å²) in [5.74, 6) is 0. The maximum Gasteiger partial charge on any atom is 0.0671 e. The van der Waals surface area contributed by atoms with Gasteiger partial charge in [0, 0.05) is 23.9 Å². The van der Waals surface area contributed by atoms with Crippen LogP contribution in [0.5, 0.6) is 0 Å². The maximum absolute atomic E-state index is 9.07. The molecular weight excluding hydrogens is 238 g/mol. The van der Waals surface area contributed by atoms with Crippen molar-refractivity contribution in [2.75, 3.05) is 31.3 Å². The second-order valence-corrected chi connectivity index (χ2v) is 4.78. The number of rotatable bonds is 3. The van der Waals surface area contributed by atoms with E-state index in [-0.39, 0.29) is 12.6 Å². The van der Waals surface area contributed by atoms with E-state index in [1.165, 1.54) is 0 Å². The van der Waals surface area contributed by atoms with Crippen molar-refractivity contribution in [1.82, 2.24) is 0 Å². The van der Waals surface area contributed by atoms with Crippen LogP contribution in [0.4, 0.5) is 5.69 Å². The lowest BCUT2D eigenvalue weighted by molar-refractivity contribution is 0.0850. The third kappa shape index (κ3) is 2.92. The van der Waals surface area contributed by atoms with Gasteiger partial charge in [0.1, 0.15) is 0 Å². The molecule has 1 saturated heterocycles. The first-order valence-corrected chi connectivity index (χ1v) is 6.31. The van der Waals surface area contributed by atoms with E-state index in [9.17, 15) is 0 Å². The van der Waals surface area contributed by atoms with Gasteiger partial charge in [0.2, 0.25) is 0 Å². The first-order valence-electron chi connectivity index (χ1n) is 5.94. The monoisotopic (exact) mass is 255 g/mol. The van der Waals surface area contributed by atoms with Gasteiger partial charge >= 0.3 is 0 Å². The van der Waals surface area contributed by atoms with Crippen molar-refractivity contribution < 1.29 is 9.84 Å². The van der Waals surface area contributed by atoms with Gasteiger partial charge in [0.15, 0.2) is 0 Å². The molecule has 17 heavy (non-hydrogen) atoms. The number of aryl methyl sites for hydroxylation is 1. The van der Waals surface area contributed by atoms with Crippen molar-refractivity contribution in [3.05, 3.63) is 28.8 Å². The molecule has 0 aliphatic carbocycles. The summed E-state index contributed by atoms with van der Waals surface area (Å²) in [5.41, 5.74) is 2.20. The molecule has 2 rings (SSSR count). The van der Waals surface area contributed by atoms with Crippen LogP contribution < -0.4 is 4.90 Å². The number of aliphatic hydroxyl groups is 1. The summed E-state index contributed by atoms with van der Waals surface area (Å²) in [7, 11) is 0. The summed E-state index contributed by atoms with van der Waals surface area (Å²) in [4.78, 5) is 2.27. The topological polar surface area (TPSA) is 32.7 Å². The second-order valence-electron chi connectivity index (χ2n) is 4.37. The first kappa shape index (κ1) is 12.7. The SMILES string of the molecule is Cc1ccc(N2CCOCC2CCO)cc1Cl. The normalized spacial score (nSPS) is 20.6. The van der Waals surface area contributed by atoms with Crippen LogP contribution in [0.1, 0.15) is 12.0 Å². The van der Waals surface area contributed by atoms with Crippen molar-refractivity contribution >= 4 is 17.3 Å². The van der Waals surface area contributed by atoms with Gasteiger partial charge < -0.3 is 14.7 Å². The molecule has 3 nitrogen and oxygen atoms in total. The first-order chi connectivity index (χ1) is 8.22. The quantitative estimate of drug-likeness (QED) is 0.899. The van der Waals surface area contributed by atoms with E-state index in [1.807, 2.05) is 19.1 Å². The highest BCUT2D eigenvalue weighted by Gasteiger charge is 2.22. The molecule has 1 fully saturated rings. The van der Waals surface area contributed by atoms with Crippen molar-refractivity contribution in [2.45, 2.75) is 19.4 Å². The number of benzene rings is 1. The van der Waals surface area contributed by atoms with Gasteiger partial charge in [-0.05, 0) is 31.0 Å². The molecule has 1 atom stereocenters. The molecule has 1 heterocycles. The number of nitrogens with zero attached hydrogens (tertiary/aromatic N) is 1. The van der Waals surface area contributed by atoms with Gasteiger partial charge in [-0.25, -0.2) is 0 Å². The molecule has 1 aliphatic rings. The Balaban J connectivity index is 2.20. The Kier molecular flexibility index (Phi) is 4.26. The fourth-order valence-corrected chi connectivity index (χ4v) is 2.32. The van der Waals surface area contributed by atoms with E-state index in [0.29, 0.717) is 6.61 Å². The van der Waals surface area contributed by atoms with Crippen molar-refractivity contribution in [3.8, 4) is 0 Å².